The van der Waals surface area contributed by atoms with Crippen LogP contribution in [-0.4, -0.2) is 27.1 Å². The highest BCUT2D eigenvalue weighted by molar-refractivity contribution is 7.99. The highest BCUT2D eigenvalue weighted by Gasteiger charge is 2.25. The van der Waals surface area contributed by atoms with Crippen LogP contribution in [-0.2, 0) is 6.54 Å². The van der Waals surface area contributed by atoms with E-state index in [1.165, 1.54) is 4.57 Å². The minimum absolute atomic E-state index is 0.253. The van der Waals surface area contributed by atoms with Gasteiger partial charge in [-0.2, -0.15) is 11.8 Å². The van der Waals surface area contributed by atoms with Crippen molar-refractivity contribution in [1.82, 2.24) is 9.55 Å². The Morgan fingerprint density at radius 3 is 2.81 bits per heavy atom. The lowest BCUT2D eigenvalue weighted by Crippen LogP contribution is -2.35. The minimum atomic E-state index is -0.426. The third-order valence-electron chi connectivity index (χ3n) is 4.04. The SMILES string of the molecule is CCCCn1c(N)c(NC2CCC(SC)C2)c(=O)[nH]c1=O. The van der Waals surface area contributed by atoms with E-state index in [0.717, 1.165) is 32.1 Å². The van der Waals surface area contributed by atoms with Crippen LogP contribution in [0.2, 0.25) is 0 Å². The molecule has 7 heteroatoms. The monoisotopic (exact) mass is 312 g/mol. The molecule has 1 aliphatic carbocycles. The van der Waals surface area contributed by atoms with Crippen molar-refractivity contribution in [3.63, 3.8) is 0 Å². The first kappa shape index (κ1) is 16.0. The van der Waals surface area contributed by atoms with E-state index in [1.807, 2.05) is 18.7 Å². The Morgan fingerprint density at radius 1 is 1.43 bits per heavy atom. The number of rotatable bonds is 6. The number of hydrogen-bond acceptors (Lipinski definition) is 5. The standard InChI is InChI=1S/C14H24N4O2S/c1-3-4-7-18-12(15)11(13(19)17-14(18)20)16-9-5-6-10(8-9)21-2/h9-10,16H,3-8,15H2,1-2H3,(H,17,19,20). The summed E-state index contributed by atoms with van der Waals surface area (Å²) in [6.45, 7) is 2.58. The summed E-state index contributed by atoms with van der Waals surface area (Å²) in [4.78, 5) is 26.2. The summed E-state index contributed by atoms with van der Waals surface area (Å²) in [5, 5.41) is 3.88. The van der Waals surface area contributed by atoms with Gasteiger partial charge in [0.1, 0.15) is 11.5 Å². The second-order valence-corrected chi connectivity index (χ2v) is 6.67. The fourth-order valence-electron chi connectivity index (χ4n) is 2.75. The van der Waals surface area contributed by atoms with Gasteiger partial charge in [-0.05, 0) is 31.9 Å². The van der Waals surface area contributed by atoms with E-state index in [9.17, 15) is 9.59 Å². The number of nitrogen functional groups attached to an aromatic ring is 1. The second kappa shape index (κ2) is 7.06. The zero-order valence-corrected chi connectivity index (χ0v) is 13.5. The molecule has 0 spiro atoms. The first-order valence-electron chi connectivity index (χ1n) is 7.48. The topological polar surface area (TPSA) is 92.9 Å². The van der Waals surface area contributed by atoms with Gasteiger partial charge in [-0.1, -0.05) is 13.3 Å². The Bertz CT molecular complexity index is 596. The lowest BCUT2D eigenvalue weighted by Gasteiger charge is -2.17. The molecule has 118 valence electrons. The van der Waals surface area contributed by atoms with Crippen LogP contribution in [0.5, 0.6) is 0 Å². The molecule has 0 saturated heterocycles. The van der Waals surface area contributed by atoms with Gasteiger partial charge < -0.3 is 11.1 Å². The van der Waals surface area contributed by atoms with Crippen molar-refractivity contribution in [3.8, 4) is 0 Å². The number of thioether (sulfide) groups is 1. The van der Waals surface area contributed by atoms with Crippen LogP contribution in [0.1, 0.15) is 39.0 Å². The number of nitrogens with two attached hydrogens (primary N) is 1. The smallest absolute Gasteiger partial charge is 0.330 e. The molecule has 1 saturated carbocycles. The van der Waals surface area contributed by atoms with E-state index in [-0.39, 0.29) is 11.9 Å². The van der Waals surface area contributed by atoms with Gasteiger partial charge in [0, 0.05) is 17.8 Å². The molecule has 1 aromatic rings. The summed E-state index contributed by atoms with van der Waals surface area (Å²) in [5.41, 5.74) is 5.55. The van der Waals surface area contributed by atoms with E-state index < -0.39 is 11.2 Å². The van der Waals surface area contributed by atoms with Gasteiger partial charge >= 0.3 is 5.69 Å². The van der Waals surface area contributed by atoms with Crippen LogP contribution in [0.4, 0.5) is 11.5 Å². The second-order valence-electron chi connectivity index (χ2n) is 5.54. The Hall–Kier alpha value is -1.37. The highest BCUT2D eigenvalue weighted by Crippen LogP contribution is 2.30. The number of hydrogen-bond donors (Lipinski definition) is 3. The van der Waals surface area contributed by atoms with Gasteiger partial charge in [-0.25, -0.2) is 4.79 Å². The first-order chi connectivity index (χ1) is 10.1. The average molecular weight is 312 g/mol. The van der Waals surface area contributed by atoms with E-state index in [0.29, 0.717) is 17.5 Å². The van der Waals surface area contributed by atoms with Gasteiger partial charge in [-0.15, -0.1) is 0 Å². The maximum absolute atomic E-state index is 12.0. The highest BCUT2D eigenvalue weighted by atomic mass is 32.2. The predicted octanol–water partition coefficient (Wildman–Crippen LogP) is 1.61. The van der Waals surface area contributed by atoms with E-state index in [2.05, 4.69) is 16.6 Å². The number of H-pyrrole nitrogens is 1. The van der Waals surface area contributed by atoms with Crippen molar-refractivity contribution in [2.24, 2.45) is 0 Å². The summed E-state index contributed by atoms with van der Waals surface area (Å²) >= 11 is 1.86. The third-order valence-corrected chi connectivity index (χ3v) is 5.14. The molecule has 0 radical (unpaired) electrons. The van der Waals surface area contributed by atoms with Gasteiger partial charge in [0.25, 0.3) is 5.56 Å². The van der Waals surface area contributed by atoms with Crippen LogP contribution < -0.4 is 22.3 Å². The molecule has 1 aromatic heterocycles. The number of aromatic nitrogens is 2. The van der Waals surface area contributed by atoms with Gasteiger partial charge in [0.15, 0.2) is 0 Å². The zero-order valence-electron chi connectivity index (χ0n) is 12.6. The number of aromatic amines is 1. The lowest BCUT2D eigenvalue weighted by molar-refractivity contribution is 0.604. The van der Waals surface area contributed by atoms with Crippen molar-refractivity contribution in [3.05, 3.63) is 20.8 Å². The quantitative estimate of drug-likeness (QED) is 0.742. The zero-order chi connectivity index (χ0) is 15.4. The number of nitrogens with one attached hydrogen (secondary N) is 2. The van der Waals surface area contributed by atoms with E-state index in [4.69, 9.17) is 5.73 Å². The van der Waals surface area contributed by atoms with Gasteiger partial charge in [-0.3, -0.25) is 14.3 Å². The molecule has 21 heavy (non-hydrogen) atoms. The fraction of sp³-hybridized carbons (Fsp3) is 0.714. The molecule has 4 N–H and O–H groups in total. The average Bonchev–Trinajstić information content (AvgIpc) is 2.91. The normalized spacial score (nSPS) is 21.6. The van der Waals surface area contributed by atoms with E-state index in [1.54, 1.807) is 0 Å². The van der Waals surface area contributed by atoms with Gasteiger partial charge in [0.2, 0.25) is 0 Å². The largest absolute Gasteiger partial charge is 0.383 e. The summed E-state index contributed by atoms with van der Waals surface area (Å²) < 4.78 is 1.45. The molecule has 1 fully saturated rings. The summed E-state index contributed by atoms with van der Waals surface area (Å²) in [7, 11) is 0. The van der Waals surface area contributed by atoms with Crippen molar-refractivity contribution < 1.29 is 0 Å². The van der Waals surface area contributed by atoms with Crippen LogP contribution >= 0.6 is 11.8 Å². The Morgan fingerprint density at radius 2 is 2.19 bits per heavy atom. The van der Waals surface area contributed by atoms with Crippen LogP contribution in [0.15, 0.2) is 9.59 Å². The molecule has 2 rings (SSSR count). The Kier molecular flexibility index (Phi) is 5.39. The Labute approximate surface area is 128 Å². The number of anilines is 2. The fourth-order valence-corrected chi connectivity index (χ4v) is 3.55. The van der Waals surface area contributed by atoms with Crippen molar-refractivity contribution >= 4 is 23.3 Å². The molecule has 2 atom stereocenters. The van der Waals surface area contributed by atoms with Crippen molar-refractivity contribution in [2.45, 2.75) is 56.9 Å². The predicted molar refractivity (Wildman–Crippen MR) is 89.2 cm³/mol. The van der Waals surface area contributed by atoms with E-state index >= 15 is 0 Å². The van der Waals surface area contributed by atoms with Gasteiger partial charge in [0.05, 0.1) is 0 Å². The molecule has 1 heterocycles. The number of nitrogens with zero attached hydrogens (tertiary/aromatic N) is 1. The minimum Gasteiger partial charge on any atom is -0.383 e. The molecular formula is C14H24N4O2S. The molecule has 0 bridgehead atoms. The lowest BCUT2D eigenvalue weighted by atomic mass is 10.2. The van der Waals surface area contributed by atoms with Crippen molar-refractivity contribution in [2.75, 3.05) is 17.3 Å². The van der Waals surface area contributed by atoms with Crippen LogP contribution in [0.25, 0.3) is 0 Å². The summed E-state index contributed by atoms with van der Waals surface area (Å²) in [5.74, 6) is 0.254. The Balaban J connectivity index is 2.23. The summed E-state index contributed by atoms with van der Waals surface area (Å²) in [6.07, 6.45) is 7.12. The molecule has 2 unspecified atom stereocenters. The molecule has 0 amide bonds. The maximum Gasteiger partial charge on any atom is 0.330 e. The molecule has 6 nitrogen and oxygen atoms in total. The molecule has 1 aliphatic rings. The molecular weight excluding hydrogens is 288 g/mol. The summed E-state index contributed by atoms with van der Waals surface area (Å²) in [6, 6.07) is 0.253. The van der Waals surface area contributed by atoms with Crippen LogP contribution in [0, 0.1) is 0 Å². The maximum atomic E-state index is 12.0. The van der Waals surface area contributed by atoms with Crippen molar-refractivity contribution in [1.29, 1.82) is 0 Å². The molecule has 0 aromatic carbocycles. The van der Waals surface area contributed by atoms with Crippen LogP contribution in [0.3, 0.4) is 0 Å². The number of unbranched alkanes of at least 4 members (excludes halogenated alkanes) is 1. The first-order valence-corrected chi connectivity index (χ1v) is 8.77. The third kappa shape index (κ3) is 3.64. The molecule has 0 aliphatic heterocycles.